The van der Waals surface area contributed by atoms with Crippen LogP contribution in [0.15, 0.2) is 17.5 Å². The van der Waals surface area contributed by atoms with Crippen LogP contribution in [0.4, 0.5) is 22.0 Å². The molecule has 0 aliphatic rings. The van der Waals surface area contributed by atoms with Crippen LogP contribution in [0.1, 0.15) is 4.88 Å². The fourth-order valence-corrected chi connectivity index (χ4v) is 2.07. The predicted molar refractivity (Wildman–Crippen MR) is 59.9 cm³/mol. The fraction of sp³-hybridized carbons (Fsp3) is 0.0833. The van der Waals surface area contributed by atoms with Crippen LogP contribution in [0.25, 0.3) is 0 Å². The molecule has 0 spiro atoms. The Balaban J connectivity index is 2.27. The van der Waals surface area contributed by atoms with Crippen molar-refractivity contribution in [3.05, 3.63) is 51.5 Å². The van der Waals surface area contributed by atoms with Crippen molar-refractivity contribution in [2.75, 3.05) is 0 Å². The van der Waals surface area contributed by atoms with Gasteiger partial charge in [-0.2, -0.15) is 8.78 Å². The summed E-state index contributed by atoms with van der Waals surface area (Å²) in [5.41, 5.74) is 0. The van der Waals surface area contributed by atoms with Gasteiger partial charge in [0.25, 0.3) is 0 Å². The molecule has 0 saturated carbocycles. The van der Waals surface area contributed by atoms with Gasteiger partial charge in [-0.05, 0) is 11.4 Å². The third-order valence-corrected chi connectivity index (χ3v) is 3.16. The average Bonchev–Trinajstić information content (AvgIpc) is 2.92. The first-order valence-corrected chi connectivity index (χ1v) is 6.04. The maximum atomic E-state index is 13.2. The zero-order valence-electron chi connectivity index (χ0n) is 9.55. The lowest BCUT2D eigenvalue weighted by Gasteiger charge is -2.08. The van der Waals surface area contributed by atoms with E-state index in [1.807, 2.05) is 0 Å². The van der Waals surface area contributed by atoms with Crippen molar-refractivity contribution in [2.24, 2.45) is 0 Å². The van der Waals surface area contributed by atoms with E-state index in [9.17, 15) is 26.7 Å². The number of rotatable bonds is 3. The zero-order valence-corrected chi connectivity index (χ0v) is 10.4. The van der Waals surface area contributed by atoms with Gasteiger partial charge in [0, 0.05) is 4.88 Å². The maximum absolute atomic E-state index is 13.2. The number of ether oxygens (including phenoxy) is 1. The average molecular weight is 308 g/mol. The van der Waals surface area contributed by atoms with Gasteiger partial charge in [0.05, 0.1) is 6.42 Å². The molecule has 0 radical (unpaired) electrons. The molecule has 8 heteroatoms. The van der Waals surface area contributed by atoms with Gasteiger partial charge in [-0.25, -0.2) is 13.2 Å². The van der Waals surface area contributed by atoms with Crippen molar-refractivity contribution in [1.29, 1.82) is 0 Å². The first-order valence-electron chi connectivity index (χ1n) is 5.16. The van der Waals surface area contributed by atoms with Gasteiger partial charge in [0.2, 0.25) is 34.8 Å². The van der Waals surface area contributed by atoms with E-state index in [0.717, 1.165) is 0 Å². The van der Waals surface area contributed by atoms with Crippen LogP contribution >= 0.6 is 11.3 Å². The predicted octanol–water partition coefficient (Wildman–Crippen LogP) is 3.59. The quantitative estimate of drug-likeness (QED) is 0.285. The van der Waals surface area contributed by atoms with Gasteiger partial charge in [0.1, 0.15) is 0 Å². The molecule has 0 aliphatic carbocycles. The van der Waals surface area contributed by atoms with Crippen LogP contribution < -0.4 is 4.74 Å². The summed E-state index contributed by atoms with van der Waals surface area (Å²) in [5, 5.41) is 1.65. The van der Waals surface area contributed by atoms with E-state index in [1.165, 1.54) is 11.3 Å². The standard InChI is InChI=1S/C12H5F5O2S/c13-7-8(14)10(16)12(11(17)9(7)15)19-6(18)4-5-2-1-3-20-5/h1-3H,4H2. The summed E-state index contributed by atoms with van der Waals surface area (Å²) in [5.74, 6) is -13.7. The number of halogens is 5. The van der Waals surface area contributed by atoms with E-state index in [0.29, 0.717) is 4.88 Å². The maximum Gasteiger partial charge on any atom is 0.316 e. The Hall–Kier alpha value is -1.96. The lowest BCUT2D eigenvalue weighted by atomic mass is 10.2. The number of esters is 1. The van der Waals surface area contributed by atoms with Gasteiger partial charge in [0.15, 0.2) is 0 Å². The van der Waals surface area contributed by atoms with Crippen molar-refractivity contribution >= 4 is 17.3 Å². The number of thiophene rings is 1. The molecular weight excluding hydrogens is 303 g/mol. The molecule has 2 aromatic rings. The van der Waals surface area contributed by atoms with Crippen LogP contribution in [0.3, 0.4) is 0 Å². The van der Waals surface area contributed by atoms with Crippen LogP contribution in [0, 0.1) is 29.1 Å². The molecule has 0 atom stereocenters. The Morgan fingerprint density at radius 3 is 2.05 bits per heavy atom. The number of hydrogen-bond donors (Lipinski definition) is 0. The van der Waals surface area contributed by atoms with E-state index in [4.69, 9.17) is 0 Å². The number of hydrogen-bond acceptors (Lipinski definition) is 3. The van der Waals surface area contributed by atoms with E-state index in [-0.39, 0.29) is 6.42 Å². The molecule has 0 amide bonds. The molecule has 1 aromatic carbocycles. The van der Waals surface area contributed by atoms with Gasteiger partial charge in [-0.3, -0.25) is 4.79 Å². The molecule has 2 rings (SSSR count). The van der Waals surface area contributed by atoms with Gasteiger partial charge < -0.3 is 4.74 Å². The van der Waals surface area contributed by atoms with Gasteiger partial charge in [-0.1, -0.05) is 6.07 Å². The molecule has 2 nitrogen and oxygen atoms in total. The Labute approximate surface area is 113 Å². The van der Waals surface area contributed by atoms with E-state index < -0.39 is 40.8 Å². The summed E-state index contributed by atoms with van der Waals surface area (Å²) in [7, 11) is 0. The summed E-state index contributed by atoms with van der Waals surface area (Å²) in [6, 6.07) is 3.19. The second-order valence-electron chi connectivity index (χ2n) is 3.63. The number of carbonyl (C=O) groups excluding carboxylic acids is 1. The van der Waals surface area contributed by atoms with E-state index >= 15 is 0 Å². The van der Waals surface area contributed by atoms with Gasteiger partial charge in [-0.15, -0.1) is 11.3 Å². The first kappa shape index (κ1) is 14.4. The molecule has 20 heavy (non-hydrogen) atoms. The fourth-order valence-electron chi connectivity index (χ4n) is 1.38. The molecular formula is C12H5F5O2S. The molecule has 0 N–H and O–H groups in total. The molecule has 1 aromatic heterocycles. The first-order chi connectivity index (χ1) is 9.41. The van der Waals surface area contributed by atoms with Crippen LogP contribution in [-0.4, -0.2) is 5.97 Å². The Bertz CT molecular complexity index is 625. The normalized spacial score (nSPS) is 10.7. The minimum absolute atomic E-state index is 0.336. The molecule has 1 heterocycles. The summed E-state index contributed by atoms with van der Waals surface area (Å²) >= 11 is 1.18. The SMILES string of the molecule is O=C(Cc1cccs1)Oc1c(F)c(F)c(F)c(F)c1F. The molecule has 0 aliphatic heterocycles. The molecule has 106 valence electrons. The number of benzene rings is 1. The highest BCUT2D eigenvalue weighted by Gasteiger charge is 2.28. The molecule has 0 fully saturated rings. The smallest absolute Gasteiger partial charge is 0.316 e. The minimum atomic E-state index is -2.31. The van der Waals surface area contributed by atoms with Crippen LogP contribution in [0.2, 0.25) is 0 Å². The summed E-state index contributed by atoms with van der Waals surface area (Å²) in [6.45, 7) is 0. The molecule has 0 unspecified atom stereocenters. The van der Waals surface area contributed by atoms with Crippen LogP contribution in [-0.2, 0) is 11.2 Å². The minimum Gasteiger partial charge on any atom is -0.420 e. The van der Waals surface area contributed by atoms with Crippen LogP contribution in [0.5, 0.6) is 5.75 Å². The summed E-state index contributed by atoms with van der Waals surface area (Å²) in [6.07, 6.45) is -0.336. The highest BCUT2D eigenvalue weighted by Crippen LogP contribution is 2.29. The Morgan fingerprint density at radius 2 is 1.55 bits per heavy atom. The van der Waals surface area contributed by atoms with Gasteiger partial charge >= 0.3 is 5.97 Å². The summed E-state index contributed by atoms with van der Waals surface area (Å²) < 4.78 is 69.3. The molecule has 0 bridgehead atoms. The van der Waals surface area contributed by atoms with Crippen molar-refractivity contribution in [1.82, 2.24) is 0 Å². The van der Waals surface area contributed by atoms with E-state index in [1.54, 1.807) is 17.5 Å². The molecule has 0 saturated heterocycles. The van der Waals surface area contributed by atoms with Crippen molar-refractivity contribution in [2.45, 2.75) is 6.42 Å². The Kier molecular flexibility index (Phi) is 4.03. The Morgan fingerprint density at radius 1 is 1.00 bits per heavy atom. The third kappa shape index (κ3) is 2.64. The second kappa shape index (κ2) is 5.58. The van der Waals surface area contributed by atoms with Crippen molar-refractivity contribution in [3.8, 4) is 5.75 Å². The lowest BCUT2D eigenvalue weighted by Crippen LogP contribution is -2.15. The topological polar surface area (TPSA) is 26.3 Å². The zero-order chi connectivity index (χ0) is 14.9. The largest absolute Gasteiger partial charge is 0.420 e. The number of carbonyl (C=O) groups is 1. The third-order valence-electron chi connectivity index (χ3n) is 2.28. The van der Waals surface area contributed by atoms with Crippen molar-refractivity contribution < 1.29 is 31.5 Å². The van der Waals surface area contributed by atoms with E-state index in [2.05, 4.69) is 4.74 Å². The second-order valence-corrected chi connectivity index (χ2v) is 4.66. The highest BCUT2D eigenvalue weighted by atomic mass is 32.1. The van der Waals surface area contributed by atoms with Crippen molar-refractivity contribution in [3.63, 3.8) is 0 Å². The monoisotopic (exact) mass is 308 g/mol. The summed E-state index contributed by atoms with van der Waals surface area (Å²) in [4.78, 5) is 11.9. The highest BCUT2D eigenvalue weighted by molar-refractivity contribution is 7.10. The lowest BCUT2D eigenvalue weighted by molar-refractivity contribution is -0.134.